The van der Waals surface area contributed by atoms with Crippen LogP contribution >= 0.6 is 11.3 Å². The quantitative estimate of drug-likeness (QED) is 0.937. The maximum absolute atomic E-state index is 11.4. The van der Waals surface area contributed by atoms with Crippen LogP contribution < -0.4 is 9.47 Å². The molecule has 1 aromatic heterocycles. The van der Waals surface area contributed by atoms with Gasteiger partial charge in [0.15, 0.2) is 6.61 Å². The summed E-state index contributed by atoms with van der Waals surface area (Å²) in [6.07, 6.45) is 0. The number of carbonyl (C=O) groups is 2. The van der Waals surface area contributed by atoms with Crippen molar-refractivity contribution in [2.75, 3.05) is 6.61 Å². The zero-order valence-electron chi connectivity index (χ0n) is 10.3. The molecule has 0 radical (unpaired) electrons. The highest BCUT2D eigenvalue weighted by molar-refractivity contribution is 7.13. The van der Waals surface area contributed by atoms with E-state index in [1.165, 1.54) is 11.3 Å². The van der Waals surface area contributed by atoms with Crippen molar-refractivity contribution >= 4 is 23.1 Å². The van der Waals surface area contributed by atoms with Gasteiger partial charge in [-0.2, -0.15) is 0 Å². The highest BCUT2D eigenvalue weighted by Gasteiger charge is 2.21. The summed E-state index contributed by atoms with van der Waals surface area (Å²) >= 11 is 1.18. The molecule has 0 bridgehead atoms. The Labute approximate surface area is 118 Å². The maximum atomic E-state index is 11.4. The van der Waals surface area contributed by atoms with Gasteiger partial charge in [-0.1, -0.05) is 0 Å². The van der Waals surface area contributed by atoms with Gasteiger partial charge < -0.3 is 14.6 Å². The van der Waals surface area contributed by atoms with Crippen molar-refractivity contribution in [2.24, 2.45) is 0 Å². The molecule has 1 aliphatic rings. The first-order valence-corrected chi connectivity index (χ1v) is 6.70. The van der Waals surface area contributed by atoms with Crippen molar-refractivity contribution in [3.63, 3.8) is 0 Å². The number of carbonyl (C=O) groups excluding carboxylic acids is 1. The number of ketones is 1. The average Bonchev–Trinajstić information content (AvgIpc) is 3.04. The lowest BCUT2D eigenvalue weighted by atomic mass is 10.1. The van der Waals surface area contributed by atoms with Crippen LogP contribution in [0.3, 0.4) is 0 Å². The number of ether oxygens (including phenoxy) is 2. The second kappa shape index (κ2) is 4.97. The first-order valence-electron chi connectivity index (χ1n) is 5.88. The van der Waals surface area contributed by atoms with Crippen LogP contribution in [0.15, 0.2) is 30.3 Å². The van der Waals surface area contributed by atoms with E-state index in [1.807, 2.05) is 0 Å². The third-order valence-corrected chi connectivity index (χ3v) is 3.91. The van der Waals surface area contributed by atoms with Gasteiger partial charge in [0.1, 0.15) is 23.0 Å². The van der Waals surface area contributed by atoms with E-state index in [0.717, 1.165) is 4.88 Å². The number of Topliss-reactive ketones (excluding diaryl/α,β-unsaturated/α-hetero) is 1. The lowest BCUT2D eigenvalue weighted by molar-refractivity contribution is 0.0702. The smallest absolute Gasteiger partial charge is 0.345 e. The van der Waals surface area contributed by atoms with Gasteiger partial charge in [-0.25, -0.2) is 4.79 Å². The first-order chi connectivity index (χ1) is 9.63. The molecule has 2 aromatic rings. The summed E-state index contributed by atoms with van der Waals surface area (Å²) in [6, 6.07) is 8.33. The zero-order valence-corrected chi connectivity index (χ0v) is 11.1. The predicted octanol–water partition coefficient (Wildman–Crippen LogP) is 2.60. The van der Waals surface area contributed by atoms with Gasteiger partial charge in [0.05, 0.1) is 5.56 Å². The molecule has 5 nitrogen and oxygen atoms in total. The molecule has 6 heteroatoms. The average molecular weight is 290 g/mol. The minimum absolute atomic E-state index is 0.0316. The molecule has 102 valence electrons. The van der Waals surface area contributed by atoms with Gasteiger partial charge in [0, 0.05) is 10.9 Å². The Balaban J connectivity index is 1.69. The number of carboxylic acid groups (broad SMARTS) is 1. The number of aromatic carboxylic acids is 1. The lowest BCUT2D eigenvalue weighted by Crippen LogP contribution is -1.98. The maximum Gasteiger partial charge on any atom is 0.345 e. The molecule has 0 fully saturated rings. The Morgan fingerprint density at radius 2 is 2.20 bits per heavy atom. The highest BCUT2D eigenvalue weighted by Crippen LogP contribution is 2.30. The number of hydrogen-bond donors (Lipinski definition) is 1. The topological polar surface area (TPSA) is 72.8 Å². The van der Waals surface area contributed by atoms with Crippen LogP contribution in [0.5, 0.6) is 11.5 Å². The molecule has 0 saturated heterocycles. The molecular weight excluding hydrogens is 280 g/mol. The summed E-state index contributed by atoms with van der Waals surface area (Å²) < 4.78 is 10.8. The van der Waals surface area contributed by atoms with E-state index in [2.05, 4.69) is 0 Å². The standard InChI is InChI=1S/C14H10O5S/c15-11-7-19-12-5-8(1-3-10(11)12)18-6-9-2-4-13(20-9)14(16)17/h1-5H,6-7H2,(H,16,17). The largest absolute Gasteiger partial charge is 0.488 e. The molecule has 3 rings (SSSR count). The first kappa shape index (κ1) is 12.7. The summed E-state index contributed by atoms with van der Waals surface area (Å²) in [6.45, 7) is 0.358. The number of rotatable bonds is 4. The Morgan fingerprint density at radius 3 is 2.95 bits per heavy atom. The number of thiophene rings is 1. The normalized spacial score (nSPS) is 12.9. The zero-order chi connectivity index (χ0) is 14.1. The molecule has 0 atom stereocenters. The molecule has 0 aliphatic carbocycles. The summed E-state index contributed by atoms with van der Waals surface area (Å²) in [5.41, 5.74) is 0.571. The third-order valence-electron chi connectivity index (χ3n) is 2.87. The minimum atomic E-state index is -0.939. The van der Waals surface area contributed by atoms with Crippen LogP contribution in [0.1, 0.15) is 24.9 Å². The molecular formula is C14H10O5S. The van der Waals surface area contributed by atoms with E-state index < -0.39 is 5.97 Å². The minimum Gasteiger partial charge on any atom is -0.488 e. The second-order valence-electron chi connectivity index (χ2n) is 4.23. The summed E-state index contributed by atoms with van der Waals surface area (Å²) in [7, 11) is 0. The number of benzene rings is 1. The fraction of sp³-hybridized carbons (Fsp3) is 0.143. The fourth-order valence-electron chi connectivity index (χ4n) is 1.89. The van der Waals surface area contributed by atoms with Gasteiger partial charge in [-0.15, -0.1) is 11.3 Å². The van der Waals surface area contributed by atoms with Gasteiger partial charge in [-0.05, 0) is 24.3 Å². The molecule has 0 saturated carbocycles. The van der Waals surface area contributed by atoms with E-state index >= 15 is 0 Å². The SMILES string of the molecule is O=C(O)c1ccc(COc2ccc3c(c2)OCC3=O)s1. The molecule has 0 unspecified atom stereocenters. The van der Waals surface area contributed by atoms with Crippen molar-refractivity contribution in [3.8, 4) is 11.5 Å². The van der Waals surface area contributed by atoms with Crippen molar-refractivity contribution in [2.45, 2.75) is 6.61 Å². The van der Waals surface area contributed by atoms with Crippen molar-refractivity contribution < 1.29 is 24.2 Å². The molecule has 0 spiro atoms. The highest BCUT2D eigenvalue weighted by atomic mass is 32.1. The fourth-order valence-corrected chi connectivity index (χ4v) is 2.65. The van der Waals surface area contributed by atoms with E-state index in [9.17, 15) is 9.59 Å². The van der Waals surface area contributed by atoms with Crippen molar-refractivity contribution in [1.29, 1.82) is 0 Å². The Bertz CT molecular complexity index is 689. The molecule has 1 aliphatic heterocycles. The number of carboxylic acids is 1. The van der Waals surface area contributed by atoms with Crippen molar-refractivity contribution in [1.82, 2.24) is 0 Å². The third kappa shape index (κ3) is 2.37. The Morgan fingerprint density at radius 1 is 1.35 bits per heavy atom. The van der Waals surface area contributed by atoms with E-state index in [4.69, 9.17) is 14.6 Å². The van der Waals surface area contributed by atoms with Gasteiger partial charge in [0.25, 0.3) is 0 Å². The van der Waals surface area contributed by atoms with Gasteiger partial charge in [-0.3, -0.25) is 4.79 Å². The molecule has 0 amide bonds. The van der Waals surface area contributed by atoms with Gasteiger partial charge >= 0.3 is 5.97 Å². The van der Waals surface area contributed by atoms with E-state index in [1.54, 1.807) is 30.3 Å². The van der Waals surface area contributed by atoms with Crippen LogP contribution in [0.4, 0.5) is 0 Å². The summed E-state index contributed by atoms with van der Waals surface area (Å²) in [4.78, 5) is 23.3. The van der Waals surface area contributed by atoms with Crippen LogP contribution in [0.2, 0.25) is 0 Å². The van der Waals surface area contributed by atoms with E-state index in [-0.39, 0.29) is 23.9 Å². The van der Waals surface area contributed by atoms with Crippen LogP contribution in [-0.4, -0.2) is 23.5 Å². The second-order valence-corrected chi connectivity index (χ2v) is 5.40. The predicted molar refractivity (Wildman–Crippen MR) is 71.9 cm³/mol. The summed E-state index contributed by atoms with van der Waals surface area (Å²) in [5, 5.41) is 8.84. The summed E-state index contributed by atoms with van der Waals surface area (Å²) in [5.74, 6) is 0.148. The molecule has 20 heavy (non-hydrogen) atoms. The Kier molecular flexibility index (Phi) is 3.15. The van der Waals surface area contributed by atoms with Crippen LogP contribution in [0.25, 0.3) is 0 Å². The molecule has 2 heterocycles. The Hall–Kier alpha value is -2.34. The van der Waals surface area contributed by atoms with Gasteiger partial charge in [0.2, 0.25) is 5.78 Å². The van der Waals surface area contributed by atoms with Crippen LogP contribution in [0, 0.1) is 0 Å². The number of fused-ring (bicyclic) bond motifs is 1. The number of hydrogen-bond acceptors (Lipinski definition) is 5. The lowest BCUT2D eigenvalue weighted by Gasteiger charge is -2.05. The van der Waals surface area contributed by atoms with Crippen molar-refractivity contribution in [3.05, 3.63) is 45.6 Å². The van der Waals surface area contributed by atoms with E-state index in [0.29, 0.717) is 17.1 Å². The molecule has 1 N–H and O–H groups in total. The monoisotopic (exact) mass is 290 g/mol. The molecule has 1 aromatic carbocycles. The van der Waals surface area contributed by atoms with Crippen LogP contribution in [-0.2, 0) is 6.61 Å².